The molecule has 3 amide bonds. The molecule has 0 saturated carbocycles. The second kappa shape index (κ2) is 10.2. The zero-order valence-corrected chi connectivity index (χ0v) is 19.9. The number of para-hydroxylation sites is 1. The number of amides is 3. The van der Waals surface area contributed by atoms with Gasteiger partial charge in [0, 0.05) is 19.2 Å². The maximum atomic E-state index is 13.7. The second-order valence-electron chi connectivity index (χ2n) is 8.18. The normalized spacial score (nSPS) is 16.1. The minimum Gasteiger partial charge on any atom is -0.326 e. The summed E-state index contributed by atoms with van der Waals surface area (Å²) < 4.78 is 28.6. The van der Waals surface area contributed by atoms with Crippen LogP contribution in [-0.2, 0) is 30.8 Å². The van der Waals surface area contributed by atoms with Crippen molar-refractivity contribution < 1.29 is 22.8 Å². The van der Waals surface area contributed by atoms with Crippen molar-refractivity contribution in [3.63, 3.8) is 0 Å². The molecule has 1 saturated heterocycles. The molecule has 8 nitrogen and oxygen atoms in total. The lowest BCUT2D eigenvalue weighted by Gasteiger charge is -2.27. The lowest BCUT2D eigenvalue weighted by Crippen LogP contribution is -2.46. The van der Waals surface area contributed by atoms with Gasteiger partial charge in [-0.25, -0.2) is 13.3 Å². The standard InChI is InChI=1S/C26H25N3O5S/c1-19(30)27-21-12-14-23(15-13-21)35(33,34)28(17-16-20-8-4-2-5-9-20)24-18-25(31)29(26(24)32)22-10-6-3-7-11-22/h2-15,24H,16-18H2,1H3,(H,27,30). The van der Waals surface area contributed by atoms with Crippen molar-refractivity contribution in [2.24, 2.45) is 0 Å². The predicted molar refractivity (Wildman–Crippen MR) is 132 cm³/mol. The lowest BCUT2D eigenvalue weighted by molar-refractivity contribution is -0.122. The van der Waals surface area contributed by atoms with Crippen LogP contribution in [-0.4, -0.2) is 43.0 Å². The molecule has 0 radical (unpaired) electrons. The number of nitrogens with one attached hydrogen (secondary N) is 1. The summed E-state index contributed by atoms with van der Waals surface area (Å²) in [5.41, 5.74) is 1.77. The van der Waals surface area contributed by atoms with E-state index in [0.29, 0.717) is 17.8 Å². The van der Waals surface area contributed by atoms with Crippen LogP contribution in [0.25, 0.3) is 0 Å². The highest BCUT2D eigenvalue weighted by molar-refractivity contribution is 7.89. The zero-order chi connectivity index (χ0) is 25.0. The average molecular weight is 492 g/mol. The van der Waals surface area contributed by atoms with Crippen molar-refractivity contribution in [2.45, 2.75) is 30.7 Å². The van der Waals surface area contributed by atoms with E-state index < -0.39 is 27.9 Å². The van der Waals surface area contributed by atoms with Crippen LogP contribution in [0, 0.1) is 0 Å². The molecule has 180 valence electrons. The van der Waals surface area contributed by atoms with E-state index in [1.807, 2.05) is 30.3 Å². The zero-order valence-electron chi connectivity index (χ0n) is 19.1. The summed E-state index contributed by atoms with van der Waals surface area (Å²) >= 11 is 0. The van der Waals surface area contributed by atoms with Crippen LogP contribution >= 0.6 is 0 Å². The summed E-state index contributed by atoms with van der Waals surface area (Å²) in [6, 6.07) is 22.4. The van der Waals surface area contributed by atoms with Crippen molar-refractivity contribution in [3.05, 3.63) is 90.5 Å². The third-order valence-electron chi connectivity index (χ3n) is 5.73. The number of benzene rings is 3. The maximum absolute atomic E-state index is 13.7. The summed E-state index contributed by atoms with van der Waals surface area (Å²) in [6.07, 6.45) is 0.124. The Morgan fingerprint density at radius 3 is 2.14 bits per heavy atom. The maximum Gasteiger partial charge on any atom is 0.252 e. The number of imide groups is 1. The first kappa shape index (κ1) is 24.3. The third-order valence-corrected chi connectivity index (χ3v) is 7.65. The van der Waals surface area contributed by atoms with Gasteiger partial charge in [-0.05, 0) is 48.4 Å². The van der Waals surface area contributed by atoms with E-state index in [1.54, 1.807) is 30.3 Å². The Morgan fingerprint density at radius 2 is 1.54 bits per heavy atom. The van der Waals surface area contributed by atoms with Crippen molar-refractivity contribution >= 4 is 39.1 Å². The highest BCUT2D eigenvalue weighted by atomic mass is 32.2. The van der Waals surface area contributed by atoms with E-state index in [9.17, 15) is 22.8 Å². The van der Waals surface area contributed by atoms with Gasteiger partial charge in [-0.2, -0.15) is 4.31 Å². The molecule has 1 aliphatic rings. The number of hydrogen-bond acceptors (Lipinski definition) is 5. The van der Waals surface area contributed by atoms with E-state index in [1.165, 1.54) is 31.2 Å². The molecule has 3 aromatic rings. The molecular formula is C26H25N3O5S. The molecule has 0 bridgehead atoms. The number of sulfonamides is 1. The molecule has 0 aromatic heterocycles. The van der Waals surface area contributed by atoms with Crippen molar-refractivity contribution in [1.82, 2.24) is 4.31 Å². The molecule has 35 heavy (non-hydrogen) atoms. The summed E-state index contributed by atoms with van der Waals surface area (Å²) in [4.78, 5) is 38.5. The SMILES string of the molecule is CC(=O)Nc1ccc(S(=O)(=O)N(CCc2ccccc2)C2CC(=O)N(c3ccccc3)C2=O)cc1. The quantitative estimate of drug-likeness (QED) is 0.488. The fraction of sp³-hybridized carbons (Fsp3) is 0.192. The Balaban J connectivity index is 1.67. The van der Waals surface area contributed by atoms with Gasteiger partial charge in [-0.1, -0.05) is 48.5 Å². The van der Waals surface area contributed by atoms with Crippen LogP contribution < -0.4 is 10.2 Å². The predicted octanol–water partition coefficient (Wildman–Crippen LogP) is 3.21. The van der Waals surface area contributed by atoms with Gasteiger partial charge in [0.05, 0.1) is 17.0 Å². The topological polar surface area (TPSA) is 104 Å². The minimum atomic E-state index is -4.14. The molecule has 9 heteroatoms. The highest BCUT2D eigenvalue weighted by Gasteiger charge is 2.46. The number of rotatable bonds is 8. The van der Waals surface area contributed by atoms with Crippen molar-refractivity contribution in [1.29, 1.82) is 0 Å². The average Bonchev–Trinajstić information content (AvgIpc) is 3.13. The fourth-order valence-electron chi connectivity index (χ4n) is 4.07. The van der Waals surface area contributed by atoms with Crippen LogP contribution in [0.5, 0.6) is 0 Å². The third kappa shape index (κ3) is 5.31. The van der Waals surface area contributed by atoms with E-state index >= 15 is 0 Å². The van der Waals surface area contributed by atoms with E-state index in [4.69, 9.17) is 0 Å². The van der Waals surface area contributed by atoms with Gasteiger partial charge in [0.2, 0.25) is 21.8 Å². The van der Waals surface area contributed by atoms with Crippen LogP contribution in [0.2, 0.25) is 0 Å². The number of hydrogen-bond donors (Lipinski definition) is 1. The van der Waals surface area contributed by atoms with E-state index in [2.05, 4.69) is 5.32 Å². The summed E-state index contributed by atoms with van der Waals surface area (Å²) in [7, 11) is -4.14. The first-order valence-electron chi connectivity index (χ1n) is 11.1. The Hall–Kier alpha value is -3.82. The molecule has 4 rings (SSSR count). The van der Waals surface area contributed by atoms with Crippen LogP contribution in [0.1, 0.15) is 18.9 Å². The highest BCUT2D eigenvalue weighted by Crippen LogP contribution is 2.30. The molecule has 0 spiro atoms. The van der Waals surface area contributed by atoms with Gasteiger partial charge in [0.15, 0.2) is 0 Å². The van der Waals surface area contributed by atoms with Crippen LogP contribution in [0.4, 0.5) is 11.4 Å². The Kier molecular flexibility index (Phi) is 7.09. The van der Waals surface area contributed by atoms with Gasteiger partial charge in [0.25, 0.3) is 5.91 Å². The first-order valence-corrected chi connectivity index (χ1v) is 12.6. The van der Waals surface area contributed by atoms with Gasteiger partial charge in [0.1, 0.15) is 6.04 Å². The van der Waals surface area contributed by atoms with Gasteiger partial charge >= 0.3 is 0 Å². The Bertz CT molecular complexity index is 1330. The van der Waals surface area contributed by atoms with Crippen molar-refractivity contribution in [2.75, 3.05) is 16.8 Å². The summed E-state index contributed by atoms with van der Waals surface area (Å²) in [6.45, 7) is 1.38. The number of anilines is 2. The number of nitrogens with zero attached hydrogens (tertiary/aromatic N) is 2. The monoisotopic (exact) mass is 491 g/mol. The minimum absolute atomic E-state index is 0.0200. The fourth-order valence-corrected chi connectivity index (χ4v) is 5.65. The second-order valence-corrected chi connectivity index (χ2v) is 10.1. The van der Waals surface area contributed by atoms with Crippen LogP contribution in [0.15, 0.2) is 89.8 Å². The molecule has 1 fully saturated rings. The van der Waals surface area contributed by atoms with Crippen molar-refractivity contribution in [3.8, 4) is 0 Å². The Morgan fingerprint density at radius 1 is 0.943 bits per heavy atom. The largest absolute Gasteiger partial charge is 0.326 e. The summed E-state index contributed by atoms with van der Waals surface area (Å²) in [5, 5.41) is 2.60. The van der Waals surface area contributed by atoms with Gasteiger partial charge < -0.3 is 5.32 Å². The van der Waals surface area contributed by atoms with E-state index in [0.717, 1.165) is 14.8 Å². The molecular weight excluding hydrogens is 466 g/mol. The van der Waals surface area contributed by atoms with Crippen LogP contribution in [0.3, 0.4) is 0 Å². The molecule has 1 unspecified atom stereocenters. The molecule has 3 aromatic carbocycles. The molecule has 1 atom stereocenters. The van der Waals surface area contributed by atoms with Gasteiger partial charge in [-0.15, -0.1) is 0 Å². The van der Waals surface area contributed by atoms with Gasteiger partial charge in [-0.3, -0.25) is 14.4 Å². The molecule has 1 aliphatic heterocycles. The Labute approximate surface area is 204 Å². The number of carbonyl (C=O) groups excluding carboxylic acids is 3. The first-order chi connectivity index (χ1) is 16.8. The molecule has 1 heterocycles. The number of carbonyl (C=O) groups is 3. The lowest BCUT2D eigenvalue weighted by atomic mass is 10.1. The molecule has 0 aliphatic carbocycles. The summed E-state index contributed by atoms with van der Waals surface area (Å²) in [5.74, 6) is -1.30. The molecule has 1 N–H and O–H groups in total. The van der Waals surface area contributed by atoms with E-state index in [-0.39, 0.29) is 23.8 Å². The smallest absolute Gasteiger partial charge is 0.252 e.